The Morgan fingerprint density at radius 2 is 1.91 bits per heavy atom. The molecular formula is C15H22ClFN2O3. The van der Waals surface area contributed by atoms with Crippen LogP contribution in [-0.4, -0.2) is 32.1 Å². The summed E-state index contributed by atoms with van der Waals surface area (Å²) in [6, 6.07) is 5.18. The van der Waals surface area contributed by atoms with Crippen LogP contribution in [0.2, 0.25) is 0 Å². The maximum Gasteiger partial charge on any atom is 0.308 e. The van der Waals surface area contributed by atoms with Gasteiger partial charge in [-0.2, -0.15) is 0 Å². The molecule has 0 aliphatic carbocycles. The first-order valence-electron chi connectivity index (χ1n) is 6.91. The van der Waals surface area contributed by atoms with Crippen molar-refractivity contribution in [2.75, 3.05) is 20.2 Å². The van der Waals surface area contributed by atoms with Gasteiger partial charge >= 0.3 is 5.97 Å². The largest absolute Gasteiger partial charge is 0.466 e. The van der Waals surface area contributed by atoms with E-state index in [-0.39, 0.29) is 37.2 Å². The summed E-state index contributed by atoms with van der Waals surface area (Å²) in [6.45, 7) is 2.54. The quantitative estimate of drug-likeness (QED) is 0.714. The summed E-state index contributed by atoms with van der Waals surface area (Å²) >= 11 is 0. The zero-order valence-electron chi connectivity index (χ0n) is 12.7. The number of benzene rings is 1. The second kappa shape index (κ2) is 11.0. The second-order valence-corrected chi connectivity index (χ2v) is 4.53. The highest BCUT2D eigenvalue weighted by Gasteiger charge is 2.19. The van der Waals surface area contributed by atoms with Crippen molar-refractivity contribution in [3.8, 4) is 0 Å². The Kier molecular flexibility index (Phi) is 10.2. The molecule has 0 spiro atoms. The molecule has 0 radical (unpaired) electrons. The fourth-order valence-electron chi connectivity index (χ4n) is 1.84. The van der Waals surface area contributed by atoms with Gasteiger partial charge in [-0.1, -0.05) is 12.1 Å². The molecule has 7 heteroatoms. The SMILES string of the molecule is CCOC(=O)CC(NC(=O)CCNC)c1ccc(F)cc1.Cl. The lowest BCUT2D eigenvalue weighted by molar-refractivity contribution is -0.143. The molecule has 0 fully saturated rings. The van der Waals surface area contributed by atoms with Crippen LogP contribution in [0.25, 0.3) is 0 Å². The van der Waals surface area contributed by atoms with Crippen molar-refractivity contribution in [2.45, 2.75) is 25.8 Å². The van der Waals surface area contributed by atoms with Gasteiger partial charge < -0.3 is 15.4 Å². The lowest BCUT2D eigenvalue weighted by Crippen LogP contribution is -2.32. The molecule has 0 aliphatic rings. The average Bonchev–Trinajstić information content (AvgIpc) is 2.45. The van der Waals surface area contributed by atoms with Gasteiger partial charge in [0.1, 0.15) is 5.82 Å². The standard InChI is InChI=1S/C15H21FN2O3.ClH/c1-3-21-15(20)10-13(18-14(19)8-9-17-2)11-4-6-12(16)7-5-11;/h4-7,13,17H,3,8-10H2,1-2H3,(H,18,19);1H. The summed E-state index contributed by atoms with van der Waals surface area (Å²) in [4.78, 5) is 23.4. The van der Waals surface area contributed by atoms with Gasteiger partial charge in [-0.3, -0.25) is 9.59 Å². The summed E-state index contributed by atoms with van der Waals surface area (Å²) in [5, 5.41) is 5.65. The van der Waals surface area contributed by atoms with Crippen LogP contribution in [0, 0.1) is 5.82 Å². The first kappa shape index (κ1) is 20.3. The number of rotatable bonds is 8. The number of hydrogen-bond donors (Lipinski definition) is 2. The van der Waals surface area contributed by atoms with E-state index in [1.54, 1.807) is 26.1 Å². The lowest BCUT2D eigenvalue weighted by atomic mass is 10.0. The summed E-state index contributed by atoms with van der Waals surface area (Å²) in [5.41, 5.74) is 0.669. The maximum absolute atomic E-state index is 13.0. The molecule has 1 unspecified atom stereocenters. The molecule has 2 N–H and O–H groups in total. The van der Waals surface area contributed by atoms with E-state index in [1.165, 1.54) is 12.1 Å². The number of nitrogens with one attached hydrogen (secondary N) is 2. The number of carbonyl (C=O) groups is 2. The van der Waals surface area contributed by atoms with Crippen molar-refractivity contribution in [1.29, 1.82) is 0 Å². The molecule has 22 heavy (non-hydrogen) atoms. The van der Waals surface area contributed by atoms with Gasteiger partial charge in [0.15, 0.2) is 0 Å². The molecule has 1 amide bonds. The molecule has 5 nitrogen and oxygen atoms in total. The molecule has 0 aromatic heterocycles. The number of hydrogen-bond acceptors (Lipinski definition) is 4. The fraction of sp³-hybridized carbons (Fsp3) is 0.467. The third-order valence-electron chi connectivity index (χ3n) is 2.89. The van der Waals surface area contributed by atoms with Crippen molar-refractivity contribution in [3.05, 3.63) is 35.6 Å². The Labute approximate surface area is 136 Å². The Morgan fingerprint density at radius 3 is 2.45 bits per heavy atom. The first-order chi connectivity index (χ1) is 10.1. The molecule has 1 aromatic rings. The van der Waals surface area contributed by atoms with Crippen molar-refractivity contribution >= 4 is 24.3 Å². The predicted octanol–water partition coefficient (Wildman–Crippen LogP) is 1.97. The van der Waals surface area contributed by atoms with Crippen LogP contribution >= 0.6 is 12.4 Å². The maximum atomic E-state index is 13.0. The smallest absolute Gasteiger partial charge is 0.308 e. The van der Waals surface area contributed by atoms with Crippen molar-refractivity contribution < 1.29 is 18.7 Å². The molecule has 1 aromatic carbocycles. The summed E-state index contributed by atoms with van der Waals surface area (Å²) in [6.07, 6.45) is 0.321. The molecule has 0 saturated heterocycles. The molecule has 0 heterocycles. The van der Waals surface area contributed by atoms with Crippen LogP contribution in [0.3, 0.4) is 0 Å². The highest BCUT2D eigenvalue weighted by molar-refractivity contribution is 5.85. The molecule has 0 saturated carbocycles. The van der Waals surface area contributed by atoms with Gasteiger partial charge in [-0.25, -0.2) is 4.39 Å². The van der Waals surface area contributed by atoms with Crippen LogP contribution < -0.4 is 10.6 Å². The number of ether oxygens (including phenoxy) is 1. The second-order valence-electron chi connectivity index (χ2n) is 4.53. The summed E-state index contributed by atoms with van der Waals surface area (Å²) in [5.74, 6) is -0.946. The molecule has 124 valence electrons. The minimum Gasteiger partial charge on any atom is -0.466 e. The van der Waals surface area contributed by atoms with Crippen LogP contribution in [-0.2, 0) is 14.3 Å². The van der Waals surface area contributed by atoms with E-state index in [0.29, 0.717) is 18.5 Å². The number of amides is 1. The Bertz CT molecular complexity index is 468. The normalized spacial score (nSPS) is 11.2. The van der Waals surface area contributed by atoms with E-state index < -0.39 is 12.0 Å². The molecular weight excluding hydrogens is 311 g/mol. The minimum atomic E-state index is -0.519. The van der Waals surface area contributed by atoms with E-state index in [2.05, 4.69) is 10.6 Å². The Hall–Kier alpha value is -1.66. The van der Waals surface area contributed by atoms with Crippen molar-refractivity contribution in [2.24, 2.45) is 0 Å². The zero-order chi connectivity index (χ0) is 15.7. The third kappa shape index (κ3) is 7.38. The van der Waals surface area contributed by atoms with E-state index in [1.807, 2.05) is 0 Å². The van der Waals surface area contributed by atoms with E-state index in [9.17, 15) is 14.0 Å². The van der Waals surface area contributed by atoms with E-state index in [4.69, 9.17) is 4.74 Å². The number of halogens is 2. The number of esters is 1. The molecule has 0 aliphatic heterocycles. The van der Waals surface area contributed by atoms with Crippen LogP contribution in [0.1, 0.15) is 31.4 Å². The summed E-state index contributed by atoms with van der Waals surface area (Å²) in [7, 11) is 1.75. The van der Waals surface area contributed by atoms with E-state index >= 15 is 0 Å². The predicted molar refractivity (Wildman–Crippen MR) is 84.3 cm³/mol. The van der Waals surface area contributed by atoms with Gasteiger partial charge in [-0.05, 0) is 31.7 Å². The zero-order valence-corrected chi connectivity index (χ0v) is 13.5. The highest BCUT2D eigenvalue weighted by Crippen LogP contribution is 2.18. The van der Waals surface area contributed by atoms with Crippen LogP contribution in [0.5, 0.6) is 0 Å². The first-order valence-corrected chi connectivity index (χ1v) is 6.91. The van der Waals surface area contributed by atoms with Gasteiger partial charge in [0.05, 0.1) is 19.1 Å². The fourth-order valence-corrected chi connectivity index (χ4v) is 1.84. The Balaban J connectivity index is 0.00000441. The third-order valence-corrected chi connectivity index (χ3v) is 2.89. The minimum absolute atomic E-state index is 0. The Morgan fingerprint density at radius 1 is 1.27 bits per heavy atom. The topological polar surface area (TPSA) is 67.4 Å². The van der Waals surface area contributed by atoms with Crippen molar-refractivity contribution in [3.63, 3.8) is 0 Å². The number of carbonyl (C=O) groups excluding carboxylic acids is 2. The van der Waals surface area contributed by atoms with Gasteiger partial charge in [0, 0.05) is 13.0 Å². The summed E-state index contributed by atoms with van der Waals surface area (Å²) < 4.78 is 17.9. The van der Waals surface area contributed by atoms with Gasteiger partial charge in [0.25, 0.3) is 0 Å². The van der Waals surface area contributed by atoms with Crippen LogP contribution in [0.15, 0.2) is 24.3 Å². The lowest BCUT2D eigenvalue weighted by Gasteiger charge is -2.18. The van der Waals surface area contributed by atoms with Gasteiger partial charge in [-0.15, -0.1) is 12.4 Å². The van der Waals surface area contributed by atoms with E-state index in [0.717, 1.165) is 0 Å². The highest BCUT2D eigenvalue weighted by atomic mass is 35.5. The monoisotopic (exact) mass is 332 g/mol. The molecule has 1 rings (SSSR count). The molecule has 1 atom stereocenters. The average molecular weight is 333 g/mol. The van der Waals surface area contributed by atoms with Crippen molar-refractivity contribution in [1.82, 2.24) is 10.6 Å². The molecule has 0 bridgehead atoms. The van der Waals surface area contributed by atoms with Crippen LogP contribution in [0.4, 0.5) is 4.39 Å². The van der Waals surface area contributed by atoms with Gasteiger partial charge in [0.2, 0.25) is 5.91 Å².